The fourth-order valence-corrected chi connectivity index (χ4v) is 2.15. The first-order valence-electron chi connectivity index (χ1n) is 5.03. The summed E-state index contributed by atoms with van der Waals surface area (Å²) in [5.74, 6) is -0.189. The van der Waals surface area contributed by atoms with Crippen molar-refractivity contribution in [2.24, 2.45) is 5.92 Å². The van der Waals surface area contributed by atoms with Crippen molar-refractivity contribution in [2.45, 2.75) is 51.4 Å². The lowest BCUT2D eigenvalue weighted by atomic mass is 10.0. The highest BCUT2D eigenvalue weighted by molar-refractivity contribution is 5.73. The molecule has 74 valence electrons. The van der Waals surface area contributed by atoms with Gasteiger partial charge in [0, 0.05) is 6.42 Å². The van der Waals surface area contributed by atoms with Crippen molar-refractivity contribution in [3.63, 3.8) is 0 Å². The number of carbonyl (C=O) groups is 1. The quantitative estimate of drug-likeness (QED) is 0.535. The average molecular weight is 184 g/mol. The Bertz CT molecular complexity index is 214. The van der Waals surface area contributed by atoms with Gasteiger partial charge in [0.1, 0.15) is 6.10 Å². The summed E-state index contributed by atoms with van der Waals surface area (Å²) in [5, 5.41) is 0. The van der Waals surface area contributed by atoms with Crippen molar-refractivity contribution in [1.82, 2.24) is 0 Å². The number of cyclic esters (lactones) is 1. The maximum absolute atomic E-state index is 11.5. The summed E-state index contributed by atoms with van der Waals surface area (Å²) in [6, 6.07) is 0. The minimum Gasteiger partial charge on any atom is -0.462 e. The Balaban J connectivity index is 2.11. The zero-order valence-corrected chi connectivity index (χ0v) is 8.16. The van der Waals surface area contributed by atoms with E-state index < -0.39 is 0 Å². The van der Waals surface area contributed by atoms with E-state index >= 15 is 0 Å². The number of carbonyl (C=O) groups excluding carboxylic acids is 1. The molecule has 0 aromatic rings. The van der Waals surface area contributed by atoms with Gasteiger partial charge in [0.15, 0.2) is 0 Å². The van der Waals surface area contributed by atoms with Crippen LogP contribution in [0.1, 0.15) is 33.1 Å². The van der Waals surface area contributed by atoms with Gasteiger partial charge in [-0.3, -0.25) is 4.79 Å². The molecule has 2 unspecified atom stereocenters. The Hall–Kier alpha value is -0.570. The minimum absolute atomic E-state index is 0.0130. The third-order valence-corrected chi connectivity index (χ3v) is 2.98. The van der Waals surface area contributed by atoms with Crippen LogP contribution in [0.15, 0.2) is 0 Å². The second kappa shape index (κ2) is 3.29. The van der Waals surface area contributed by atoms with Crippen LogP contribution in [0.4, 0.5) is 0 Å². The van der Waals surface area contributed by atoms with Gasteiger partial charge < -0.3 is 9.47 Å². The molecular weight excluding hydrogens is 168 g/mol. The maximum Gasteiger partial charge on any atom is 0.311 e. The molecule has 0 saturated carbocycles. The van der Waals surface area contributed by atoms with Gasteiger partial charge in [0.05, 0.1) is 18.1 Å². The molecule has 3 heteroatoms. The highest BCUT2D eigenvalue weighted by Gasteiger charge is 2.37. The second-order valence-corrected chi connectivity index (χ2v) is 4.15. The predicted octanol–water partition coefficient (Wildman–Crippen LogP) is 1.51. The summed E-state index contributed by atoms with van der Waals surface area (Å²) in [6.45, 7) is 3.83. The van der Waals surface area contributed by atoms with Crippen LogP contribution in [0.2, 0.25) is 0 Å². The van der Waals surface area contributed by atoms with Crippen LogP contribution in [0.25, 0.3) is 0 Å². The number of fused-ring (bicyclic) bond motifs is 2. The van der Waals surface area contributed by atoms with E-state index in [4.69, 9.17) is 9.47 Å². The Kier molecular flexibility index (Phi) is 2.28. The van der Waals surface area contributed by atoms with Crippen molar-refractivity contribution in [3.8, 4) is 0 Å². The van der Waals surface area contributed by atoms with Crippen LogP contribution < -0.4 is 0 Å². The second-order valence-electron chi connectivity index (χ2n) is 4.15. The van der Waals surface area contributed by atoms with E-state index in [-0.39, 0.29) is 24.1 Å². The number of esters is 1. The summed E-state index contributed by atoms with van der Waals surface area (Å²) in [4.78, 5) is 11.5. The highest BCUT2D eigenvalue weighted by atomic mass is 16.6. The van der Waals surface area contributed by atoms with Crippen LogP contribution in [0, 0.1) is 5.92 Å². The van der Waals surface area contributed by atoms with Gasteiger partial charge in [-0.05, 0) is 26.7 Å². The van der Waals surface area contributed by atoms with E-state index in [0.717, 1.165) is 19.3 Å². The Morgan fingerprint density at radius 3 is 2.85 bits per heavy atom. The summed E-state index contributed by atoms with van der Waals surface area (Å²) in [6.07, 6.45) is 3.37. The Labute approximate surface area is 78.4 Å². The number of rotatable bonds is 0. The van der Waals surface area contributed by atoms with Crippen LogP contribution in [-0.4, -0.2) is 24.3 Å². The largest absolute Gasteiger partial charge is 0.462 e. The standard InChI is InChI=1S/C10H16O3/c1-6-5-8-3-4-9(13-8)7(2)10(11)12-6/h6-9H,3-5H2,1-2H3/t6?,7?,8-,9+/m0/s1. The molecule has 3 nitrogen and oxygen atoms in total. The summed E-state index contributed by atoms with van der Waals surface area (Å²) < 4.78 is 11.0. The van der Waals surface area contributed by atoms with E-state index in [0.29, 0.717) is 6.10 Å². The summed E-state index contributed by atoms with van der Waals surface area (Å²) in [7, 11) is 0. The van der Waals surface area contributed by atoms with Crippen LogP contribution in [0.5, 0.6) is 0 Å². The predicted molar refractivity (Wildman–Crippen MR) is 47.2 cm³/mol. The average Bonchev–Trinajstić information content (AvgIpc) is 2.50. The molecule has 2 rings (SSSR count). The third kappa shape index (κ3) is 1.70. The van der Waals surface area contributed by atoms with E-state index in [9.17, 15) is 4.79 Å². The molecule has 0 radical (unpaired) electrons. The summed E-state index contributed by atoms with van der Waals surface area (Å²) in [5.41, 5.74) is 0. The van der Waals surface area contributed by atoms with Crippen molar-refractivity contribution in [1.29, 1.82) is 0 Å². The van der Waals surface area contributed by atoms with E-state index in [1.165, 1.54) is 0 Å². The number of hydrogen-bond acceptors (Lipinski definition) is 3. The van der Waals surface area contributed by atoms with E-state index in [1.807, 2.05) is 13.8 Å². The molecule has 2 fully saturated rings. The third-order valence-electron chi connectivity index (χ3n) is 2.98. The first-order chi connectivity index (χ1) is 6.16. The molecule has 13 heavy (non-hydrogen) atoms. The molecule has 2 bridgehead atoms. The first-order valence-corrected chi connectivity index (χ1v) is 5.03. The van der Waals surface area contributed by atoms with Gasteiger partial charge in [0.25, 0.3) is 0 Å². The van der Waals surface area contributed by atoms with Crippen LogP contribution >= 0.6 is 0 Å². The van der Waals surface area contributed by atoms with Crippen LogP contribution in [0.3, 0.4) is 0 Å². The molecule has 0 N–H and O–H groups in total. The van der Waals surface area contributed by atoms with E-state index in [2.05, 4.69) is 0 Å². The minimum atomic E-state index is -0.0992. The molecule has 4 atom stereocenters. The molecule has 0 aromatic carbocycles. The molecule has 2 aliphatic heterocycles. The lowest BCUT2D eigenvalue weighted by molar-refractivity contribution is -0.164. The number of hydrogen-bond donors (Lipinski definition) is 0. The molecule has 2 heterocycles. The van der Waals surface area contributed by atoms with Gasteiger partial charge >= 0.3 is 5.97 Å². The monoisotopic (exact) mass is 184 g/mol. The zero-order valence-electron chi connectivity index (χ0n) is 8.16. The smallest absolute Gasteiger partial charge is 0.311 e. The molecule has 2 aliphatic rings. The molecule has 0 amide bonds. The molecule has 2 saturated heterocycles. The summed E-state index contributed by atoms with van der Waals surface area (Å²) >= 11 is 0. The molecule has 0 aliphatic carbocycles. The highest BCUT2D eigenvalue weighted by Crippen LogP contribution is 2.31. The van der Waals surface area contributed by atoms with Crippen molar-refractivity contribution >= 4 is 5.97 Å². The fourth-order valence-electron chi connectivity index (χ4n) is 2.15. The van der Waals surface area contributed by atoms with Gasteiger partial charge in [-0.2, -0.15) is 0 Å². The zero-order chi connectivity index (χ0) is 9.42. The normalized spacial score (nSPS) is 45.2. The van der Waals surface area contributed by atoms with Crippen molar-refractivity contribution in [3.05, 3.63) is 0 Å². The lowest BCUT2D eigenvalue weighted by Gasteiger charge is -2.26. The lowest BCUT2D eigenvalue weighted by Crippen LogP contribution is -2.34. The molecular formula is C10H16O3. The van der Waals surface area contributed by atoms with Crippen molar-refractivity contribution in [2.75, 3.05) is 0 Å². The molecule has 0 aromatic heterocycles. The number of ether oxygens (including phenoxy) is 2. The fraction of sp³-hybridized carbons (Fsp3) is 0.900. The SMILES string of the molecule is CC1C[C@@H]2CC[C@@H](O2)C(C)C(=O)O1. The first kappa shape index (κ1) is 9.00. The Morgan fingerprint density at radius 2 is 2.08 bits per heavy atom. The topological polar surface area (TPSA) is 35.5 Å². The van der Waals surface area contributed by atoms with Gasteiger partial charge in [-0.1, -0.05) is 0 Å². The van der Waals surface area contributed by atoms with E-state index in [1.54, 1.807) is 0 Å². The van der Waals surface area contributed by atoms with Gasteiger partial charge in [-0.25, -0.2) is 0 Å². The Morgan fingerprint density at radius 1 is 1.31 bits per heavy atom. The van der Waals surface area contributed by atoms with Crippen LogP contribution in [-0.2, 0) is 14.3 Å². The maximum atomic E-state index is 11.5. The van der Waals surface area contributed by atoms with Gasteiger partial charge in [0.2, 0.25) is 0 Å². The molecule has 0 spiro atoms. The van der Waals surface area contributed by atoms with Crippen molar-refractivity contribution < 1.29 is 14.3 Å². The van der Waals surface area contributed by atoms with Gasteiger partial charge in [-0.15, -0.1) is 0 Å².